The summed E-state index contributed by atoms with van der Waals surface area (Å²) < 4.78 is 9.03. The SMILES string of the molecule is c1ccc(-c2nc(-c3ccccc3)nc(-c3cccc4oc5ccc(-n6c7ccccc7c7ccc8c(c76)N(c6ccccc6)c6ccccc6S8)cc5c34)n2)cc1. The summed E-state index contributed by atoms with van der Waals surface area (Å²) in [5.74, 6) is 1.83. The summed E-state index contributed by atoms with van der Waals surface area (Å²) in [5.41, 5.74) is 11.1. The molecule has 12 rings (SSSR count). The first kappa shape index (κ1) is 32.7. The Morgan fingerprint density at radius 3 is 1.90 bits per heavy atom. The van der Waals surface area contributed by atoms with Gasteiger partial charge in [-0.15, -0.1) is 0 Å². The maximum Gasteiger partial charge on any atom is 0.164 e. The molecule has 0 saturated heterocycles. The summed E-state index contributed by atoms with van der Waals surface area (Å²) in [6, 6.07) is 65.5. The number of benzene rings is 8. The van der Waals surface area contributed by atoms with Gasteiger partial charge in [0.2, 0.25) is 0 Å². The number of hydrogen-bond acceptors (Lipinski definition) is 6. The first-order valence-corrected chi connectivity index (χ1v) is 20.1. The molecule has 0 aliphatic carbocycles. The fraction of sp³-hybridized carbons (Fsp3) is 0. The Morgan fingerprint density at radius 2 is 1.12 bits per heavy atom. The lowest BCUT2D eigenvalue weighted by atomic mass is 10.0. The smallest absolute Gasteiger partial charge is 0.164 e. The van der Waals surface area contributed by atoms with Crippen LogP contribution in [0.25, 0.3) is 83.6 Å². The zero-order valence-corrected chi connectivity index (χ0v) is 31.8. The summed E-state index contributed by atoms with van der Waals surface area (Å²) in [4.78, 5) is 20.0. The Bertz CT molecular complexity index is 3320. The van der Waals surface area contributed by atoms with Crippen LogP contribution in [0.3, 0.4) is 0 Å². The highest BCUT2D eigenvalue weighted by Crippen LogP contribution is 2.55. The highest BCUT2D eigenvalue weighted by Gasteiger charge is 2.30. The number of aromatic nitrogens is 4. The van der Waals surface area contributed by atoms with Crippen LogP contribution >= 0.6 is 11.8 Å². The lowest BCUT2D eigenvalue weighted by Gasteiger charge is -2.34. The van der Waals surface area contributed by atoms with Gasteiger partial charge in [-0.05, 0) is 60.7 Å². The number of nitrogens with zero attached hydrogens (tertiary/aromatic N) is 5. The highest BCUT2D eigenvalue weighted by atomic mass is 32.2. The molecule has 0 unspecified atom stereocenters. The van der Waals surface area contributed by atoms with Gasteiger partial charge in [-0.1, -0.05) is 139 Å². The zero-order chi connectivity index (χ0) is 38.2. The quantitative estimate of drug-likeness (QED) is 0.174. The van der Waals surface area contributed by atoms with Gasteiger partial charge >= 0.3 is 0 Å². The Balaban J connectivity index is 1.12. The molecule has 0 atom stereocenters. The van der Waals surface area contributed by atoms with Crippen molar-refractivity contribution in [3.63, 3.8) is 0 Å². The van der Waals surface area contributed by atoms with Crippen LogP contribution in [0, 0.1) is 0 Å². The van der Waals surface area contributed by atoms with Crippen molar-refractivity contribution in [3.8, 4) is 39.9 Å². The van der Waals surface area contributed by atoms with Crippen LogP contribution in [0.1, 0.15) is 0 Å². The Hall–Kier alpha value is -7.48. The molecule has 0 radical (unpaired) electrons. The van der Waals surface area contributed by atoms with Crippen molar-refractivity contribution in [2.45, 2.75) is 9.79 Å². The largest absolute Gasteiger partial charge is 0.456 e. The number of fused-ring (bicyclic) bond motifs is 9. The lowest BCUT2D eigenvalue weighted by Crippen LogP contribution is -2.16. The van der Waals surface area contributed by atoms with E-state index in [0.29, 0.717) is 17.5 Å². The maximum atomic E-state index is 6.60. The number of furan rings is 1. The van der Waals surface area contributed by atoms with Gasteiger partial charge in [0.05, 0.1) is 22.4 Å². The van der Waals surface area contributed by atoms with Gasteiger partial charge in [0, 0.05) is 59.4 Å². The second-order valence-corrected chi connectivity index (χ2v) is 15.5. The van der Waals surface area contributed by atoms with Gasteiger partial charge in [-0.25, -0.2) is 15.0 Å². The van der Waals surface area contributed by atoms with E-state index in [1.54, 1.807) is 0 Å². The van der Waals surface area contributed by atoms with E-state index >= 15 is 0 Å². The summed E-state index contributed by atoms with van der Waals surface area (Å²) >= 11 is 1.82. The molecule has 1 aliphatic heterocycles. The van der Waals surface area contributed by atoms with E-state index in [-0.39, 0.29) is 0 Å². The van der Waals surface area contributed by atoms with Crippen molar-refractivity contribution >= 4 is 72.6 Å². The Kier molecular flexibility index (Phi) is 7.36. The summed E-state index contributed by atoms with van der Waals surface area (Å²) in [7, 11) is 0. The Morgan fingerprint density at radius 1 is 0.448 bits per heavy atom. The first-order valence-electron chi connectivity index (χ1n) is 19.3. The van der Waals surface area contributed by atoms with Crippen LogP contribution in [-0.2, 0) is 0 Å². The molecule has 0 N–H and O–H groups in total. The van der Waals surface area contributed by atoms with Crippen molar-refractivity contribution < 1.29 is 4.42 Å². The zero-order valence-electron chi connectivity index (χ0n) is 31.0. The molecule has 11 aromatic rings. The van der Waals surface area contributed by atoms with Crippen LogP contribution in [0.4, 0.5) is 17.1 Å². The number of rotatable bonds is 5. The second-order valence-electron chi connectivity index (χ2n) is 14.4. The lowest BCUT2D eigenvalue weighted by molar-refractivity contribution is 0.669. The van der Waals surface area contributed by atoms with E-state index < -0.39 is 0 Å². The van der Waals surface area contributed by atoms with Crippen LogP contribution in [-0.4, -0.2) is 19.5 Å². The fourth-order valence-electron chi connectivity index (χ4n) is 8.47. The number of anilines is 3. The molecule has 0 fully saturated rings. The van der Waals surface area contributed by atoms with E-state index in [4.69, 9.17) is 19.4 Å². The van der Waals surface area contributed by atoms with Crippen LogP contribution in [0.2, 0.25) is 0 Å². The summed E-state index contributed by atoms with van der Waals surface area (Å²) in [5, 5.41) is 4.34. The number of para-hydroxylation sites is 3. The molecule has 0 bridgehead atoms. The average molecular weight is 762 g/mol. The second kappa shape index (κ2) is 13.0. The molecule has 3 aromatic heterocycles. The molecule has 58 heavy (non-hydrogen) atoms. The summed E-state index contributed by atoms with van der Waals surface area (Å²) in [6.45, 7) is 0. The molecule has 4 heterocycles. The topological polar surface area (TPSA) is 60.0 Å². The average Bonchev–Trinajstić information content (AvgIpc) is 3.84. The molecule has 0 spiro atoms. The molecule has 0 saturated carbocycles. The van der Waals surface area contributed by atoms with Gasteiger partial charge in [0.15, 0.2) is 17.5 Å². The molecule has 0 amide bonds. The number of hydrogen-bond donors (Lipinski definition) is 0. The standard InChI is InChI=1S/C51H31N5OS/c1-4-15-32(16-5-1)49-52-50(33-17-6-2-7-18-33)54-51(53-49)38-22-14-25-43-46(38)39-31-35(27-29-42(39)57-43)56-40-23-11-10-21-36(40)37-28-30-45-48(47(37)56)55(34-19-8-3-9-20-34)41-24-12-13-26-44(41)58-45/h1-31H. The van der Waals surface area contributed by atoms with Crippen LogP contribution < -0.4 is 4.90 Å². The molecular weight excluding hydrogens is 731 g/mol. The van der Waals surface area contributed by atoms with Crippen LogP contribution in [0.5, 0.6) is 0 Å². The first-order chi connectivity index (χ1) is 28.8. The third kappa shape index (κ3) is 5.10. The predicted octanol–water partition coefficient (Wildman–Crippen LogP) is 13.8. The molecule has 7 heteroatoms. The normalized spacial score (nSPS) is 12.4. The van der Waals surface area contributed by atoms with Gasteiger partial charge in [0.25, 0.3) is 0 Å². The predicted molar refractivity (Wildman–Crippen MR) is 237 cm³/mol. The van der Waals surface area contributed by atoms with E-state index in [0.717, 1.165) is 66.7 Å². The molecular formula is C51H31N5OS. The van der Waals surface area contributed by atoms with E-state index in [2.05, 4.69) is 125 Å². The third-order valence-corrected chi connectivity index (χ3v) is 12.1. The molecule has 6 nitrogen and oxygen atoms in total. The molecule has 8 aromatic carbocycles. The molecule has 1 aliphatic rings. The van der Waals surface area contributed by atoms with Gasteiger partial charge < -0.3 is 13.9 Å². The van der Waals surface area contributed by atoms with E-state index in [1.165, 1.54) is 26.3 Å². The van der Waals surface area contributed by atoms with Crippen molar-refractivity contribution in [1.82, 2.24) is 19.5 Å². The van der Waals surface area contributed by atoms with E-state index in [9.17, 15) is 0 Å². The van der Waals surface area contributed by atoms with Crippen molar-refractivity contribution in [2.24, 2.45) is 0 Å². The van der Waals surface area contributed by atoms with Crippen LogP contribution in [0.15, 0.2) is 202 Å². The Labute approximate surface area is 337 Å². The minimum atomic E-state index is 0.589. The van der Waals surface area contributed by atoms with Crippen molar-refractivity contribution in [2.75, 3.05) is 4.90 Å². The van der Waals surface area contributed by atoms with Crippen molar-refractivity contribution in [1.29, 1.82) is 0 Å². The van der Waals surface area contributed by atoms with E-state index in [1.807, 2.05) is 84.6 Å². The molecule has 272 valence electrons. The van der Waals surface area contributed by atoms with Gasteiger partial charge in [0.1, 0.15) is 11.2 Å². The monoisotopic (exact) mass is 761 g/mol. The minimum Gasteiger partial charge on any atom is -0.456 e. The van der Waals surface area contributed by atoms with Gasteiger partial charge in [-0.3, -0.25) is 0 Å². The summed E-state index contributed by atoms with van der Waals surface area (Å²) in [6.07, 6.45) is 0. The fourth-order valence-corrected chi connectivity index (χ4v) is 9.54. The minimum absolute atomic E-state index is 0.589. The van der Waals surface area contributed by atoms with Gasteiger partial charge in [-0.2, -0.15) is 0 Å². The highest BCUT2D eigenvalue weighted by molar-refractivity contribution is 7.99. The third-order valence-electron chi connectivity index (χ3n) is 11.0. The maximum absolute atomic E-state index is 6.60. The van der Waals surface area contributed by atoms with Crippen molar-refractivity contribution in [3.05, 3.63) is 188 Å².